The summed E-state index contributed by atoms with van der Waals surface area (Å²) in [7, 11) is -2.03. The molecule has 0 saturated carbocycles. The molecule has 10 heavy (non-hydrogen) atoms. The highest BCUT2D eigenvalue weighted by Crippen LogP contribution is 1.85. The molecule has 62 valence electrons. The van der Waals surface area contributed by atoms with Gasteiger partial charge in [-0.3, -0.25) is 0 Å². The molecule has 4 heteroatoms. The topological polar surface area (TPSA) is 37.3 Å². The fourth-order valence-corrected chi connectivity index (χ4v) is 0.333. The molecule has 0 amide bonds. The first kappa shape index (κ1) is 12.7. The van der Waals surface area contributed by atoms with Crippen molar-refractivity contribution in [2.75, 3.05) is 0 Å². The lowest BCUT2D eigenvalue weighted by Crippen LogP contribution is -1.55. The van der Waals surface area contributed by atoms with Gasteiger partial charge in [-0.15, -0.1) is 0 Å². The minimum Gasteiger partial charge on any atom is -0.459 e. The van der Waals surface area contributed by atoms with E-state index in [2.05, 4.69) is 37.2 Å². The van der Waals surface area contributed by atoms with Crippen LogP contribution >= 0.6 is 0 Å². The fourth-order valence-electron chi connectivity index (χ4n) is 0.333. The molecule has 0 aromatic rings. The Labute approximate surface area is 68.9 Å². The largest absolute Gasteiger partial charge is 0.459 e. The van der Waals surface area contributed by atoms with E-state index in [1.54, 1.807) is 0 Å². The first-order valence-electron chi connectivity index (χ1n) is 3.04. The molecule has 0 fully saturated rings. The highest BCUT2D eigenvalue weighted by atomic mass is 32.8. The zero-order valence-electron chi connectivity index (χ0n) is 6.24. The summed E-state index contributed by atoms with van der Waals surface area (Å²) in [5, 5.41) is 0. The molecule has 0 spiro atoms. The highest BCUT2D eigenvalue weighted by Gasteiger charge is 1.64. The van der Waals surface area contributed by atoms with Gasteiger partial charge in [0.15, 0.2) is 0 Å². The molecule has 0 atom stereocenters. The van der Waals surface area contributed by atoms with Crippen LogP contribution in [0.3, 0.4) is 0 Å². The molecule has 0 aromatic carbocycles. The van der Waals surface area contributed by atoms with Gasteiger partial charge in [-0.25, -0.2) is 11.2 Å². The minimum absolute atomic E-state index is 1.23. The molecule has 0 heterocycles. The summed E-state index contributed by atoms with van der Waals surface area (Å²) in [4.78, 5) is 0. The maximum absolute atomic E-state index is 8.93. The molecular weight excluding hydrogens is 168 g/mol. The molecule has 2 nitrogen and oxygen atoms in total. The second-order valence-electron chi connectivity index (χ2n) is 1.57. The van der Waals surface area contributed by atoms with Crippen molar-refractivity contribution in [2.24, 2.45) is 0 Å². The Kier molecular flexibility index (Phi) is 15.0. The summed E-state index contributed by atoms with van der Waals surface area (Å²) in [5.41, 5.74) is 0. The Balaban J connectivity index is 0. The third-order valence-corrected chi connectivity index (χ3v) is 0.691. The summed E-state index contributed by atoms with van der Waals surface area (Å²) < 4.78 is 16.3. The van der Waals surface area contributed by atoms with Crippen LogP contribution in [0.25, 0.3) is 0 Å². The molecule has 0 aliphatic carbocycles. The van der Waals surface area contributed by atoms with E-state index in [4.69, 9.17) is 8.76 Å². The molecule has 1 N–H and O–H groups in total. The second-order valence-corrected chi connectivity index (χ2v) is 2.86. The third-order valence-electron chi connectivity index (χ3n) is 0.691. The van der Waals surface area contributed by atoms with Gasteiger partial charge in [0.2, 0.25) is 0 Å². The van der Waals surface area contributed by atoms with Crippen molar-refractivity contribution in [3.63, 3.8) is 0 Å². The van der Waals surface area contributed by atoms with E-state index in [-0.39, 0.29) is 0 Å². The smallest absolute Gasteiger partial charge is 0.0353 e. The van der Waals surface area contributed by atoms with E-state index in [0.29, 0.717) is 0 Å². The van der Waals surface area contributed by atoms with Crippen LogP contribution in [0.4, 0.5) is 0 Å². The summed E-state index contributed by atoms with van der Waals surface area (Å²) in [6.45, 7) is 4.23. The van der Waals surface area contributed by atoms with Crippen molar-refractivity contribution < 1.29 is 8.76 Å². The van der Waals surface area contributed by atoms with Crippen molar-refractivity contribution in [1.82, 2.24) is 0 Å². The Morgan fingerprint density at radius 3 is 2.20 bits per heavy atom. The van der Waals surface area contributed by atoms with Gasteiger partial charge in [0, 0.05) is 0 Å². The molecule has 0 rings (SSSR count). The van der Waals surface area contributed by atoms with Gasteiger partial charge in [-0.05, 0) is 13.3 Å². The number of hydrogen-bond donors (Lipinski definition) is 1. The van der Waals surface area contributed by atoms with Gasteiger partial charge >= 0.3 is 0 Å². The van der Waals surface area contributed by atoms with Crippen molar-refractivity contribution in [3.8, 4) is 0 Å². The summed E-state index contributed by atoms with van der Waals surface area (Å²) in [5.74, 6) is 0. The maximum Gasteiger partial charge on any atom is -0.0353 e. The predicted octanol–water partition coefficient (Wildman–Crippen LogP) is 2.25. The molecule has 0 radical (unpaired) electrons. The summed E-state index contributed by atoms with van der Waals surface area (Å²) in [6.07, 6.45) is 6.77. The van der Waals surface area contributed by atoms with Crippen LogP contribution in [0.1, 0.15) is 26.7 Å². The highest BCUT2D eigenvalue weighted by molar-refractivity contribution is 8.18. The lowest BCUT2D eigenvalue weighted by Gasteiger charge is -1.76. The van der Waals surface area contributed by atoms with E-state index in [9.17, 15) is 0 Å². The minimum atomic E-state index is -2.03. The zero-order valence-corrected chi connectivity index (χ0v) is 7.87. The normalized spacial score (nSPS) is 9.60. The first-order chi connectivity index (χ1) is 4.65. The van der Waals surface area contributed by atoms with Crippen LogP contribution in [0.15, 0.2) is 12.2 Å². The second kappa shape index (κ2) is 11.8. The molecule has 0 unspecified atom stereocenters. The Morgan fingerprint density at radius 1 is 1.70 bits per heavy atom. The summed E-state index contributed by atoms with van der Waals surface area (Å²) in [6, 6.07) is 0. The van der Waals surface area contributed by atoms with E-state index in [1.165, 1.54) is 12.8 Å². The molecule has 0 aromatic heterocycles. The quantitative estimate of drug-likeness (QED) is 0.403. The maximum atomic E-state index is 8.93. The number of hydrogen-bond acceptors (Lipinski definition) is 3. The van der Waals surface area contributed by atoms with Gasteiger partial charge in [-0.2, -0.15) is 0 Å². The molecule has 0 saturated heterocycles. The molecule has 0 aliphatic heterocycles. The molecular formula is C6H13O2S2-. The van der Waals surface area contributed by atoms with Crippen LogP contribution in [0.2, 0.25) is 0 Å². The average Bonchev–Trinajstić information content (AvgIpc) is 1.82. The van der Waals surface area contributed by atoms with Crippen molar-refractivity contribution in [2.45, 2.75) is 26.7 Å². The van der Waals surface area contributed by atoms with Crippen LogP contribution in [0.5, 0.6) is 0 Å². The van der Waals surface area contributed by atoms with E-state index in [0.717, 1.165) is 0 Å². The SMILES string of the molecule is CC=CCCC.O=[S-](O)=S. The van der Waals surface area contributed by atoms with Gasteiger partial charge in [0.25, 0.3) is 0 Å². The Bertz CT molecular complexity index is 131. The standard InChI is InChI=1S/C6H12.HO2S2/c1-3-5-6-4-2;1-4(2)3/h3,5H,4,6H2,1-2H3;(H,1,2,3)/q;-1. The van der Waals surface area contributed by atoms with Gasteiger partial charge < -0.3 is 8.76 Å². The molecule has 0 bridgehead atoms. The predicted molar refractivity (Wildman–Crippen MR) is 47.8 cm³/mol. The zero-order chi connectivity index (χ0) is 8.41. The van der Waals surface area contributed by atoms with Crippen LogP contribution in [-0.2, 0) is 25.0 Å². The monoisotopic (exact) mass is 181 g/mol. The van der Waals surface area contributed by atoms with Gasteiger partial charge in [-0.1, -0.05) is 35.1 Å². The molecule has 0 aliphatic rings. The lowest BCUT2D eigenvalue weighted by molar-refractivity contribution is 0.536. The van der Waals surface area contributed by atoms with Crippen LogP contribution in [-0.4, -0.2) is 4.55 Å². The average molecular weight is 181 g/mol. The van der Waals surface area contributed by atoms with Crippen LogP contribution < -0.4 is 0 Å². The lowest BCUT2D eigenvalue weighted by atomic mass is 10.3. The first-order valence-corrected chi connectivity index (χ1v) is 5.07. The number of allylic oxidation sites excluding steroid dienone is 2. The van der Waals surface area contributed by atoms with Crippen molar-refractivity contribution in [1.29, 1.82) is 0 Å². The van der Waals surface area contributed by atoms with E-state index < -0.39 is 9.64 Å². The van der Waals surface area contributed by atoms with Crippen molar-refractivity contribution >= 4 is 20.8 Å². The van der Waals surface area contributed by atoms with Gasteiger partial charge in [0.05, 0.1) is 0 Å². The Hall–Kier alpha value is 0.0700. The van der Waals surface area contributed by atoms with E-state index >= 15 is 0 Å². The van der Waals surface area contributed by atoms with E-state index in [1.807, 2.05) is 0 Å². The van der Waals surface area contributed by atoms with Crippen molar-refractivity contribution in [3.05, 3.63) is 12.2 Å². The Morgan fingerprint density at radius 2 is 2.10 bits per heavy atom. The van der Waals surface area contributed by atoms with Gasteiger partial charge in [0.1, 0.15) is 0 Å². The third kappa shape index (κ3) is 42.8. The number of rotatable bonds is 2. The van der Waals surface area contributed by atoms with Crippen LogP contribution in [0, 0.1) is 0 Å². The number of unbranched alkanes of at least 4 members (excludes halogenated alkanes) is 1. The summed E-state index contributed by atoms with van der Waals surface area (Å²) >= 11 is 3.65. The fraction of sp³-hybridized carbons (Fsp3) is 0.667.